The Morgan fingerprint density at radius 3 is 2.90 bits per heavy atom. The fraction of sp³-hybridized carbons (Fsp3) is 0.308. The molecule has 1 N–H and O–H groups in total. The van der Waals surface area contributed by atoms with E-state index in [1.54, 1.807) is 6.07 Å². The number of carboxylic acids is 1. The number of ether oxygens (including phenoxy) is 1. The largest absolute Gasteiger partial charge is 0.476 e. The normalized spacial score (nSPS) is 10.8. The molecule has 0 fully saturated rings. The zero-order chi connectivity index (χ0) is 15.4. The van der Waals surface area contributed by atoms with Crippen molar-refractivity contribution in [2.45, 2.75) is 13.0 Å². The summed E-state index contributed by atoms with van der Waals surface area (Å²) in [5, 5.41) is 16.6. The first kappa shape index (κ1) is 15.4. The van der Waals surface area contributed by atoms with Gasteiger partial charge in [-0.2, -0.15) is 0 Å². The standard InChI is InChI=1S/C13H13ClFN3O3/c1-21-5-4-11-12(13(19)20)16-17-18(11)7-8-2-3-9(14)10(15)6-8/h2-3,6H,4-5,7H2,1H3,(H,19,20). The average molecular weight is 314 g/mol. The Labute approximate surface area is 125 Å². The number of carbonyl (C=O) groups is 1. The highest BCUT2D eigenvalue weighted by Crippen LogP contribution is 2.17. The molecular formula is C13H13ClFN3O3. The molecule has 0 bridgehead atoms. The molecule has 0 aliphatic carbocycles. The predicted octanol–water partition coefficient (Wildman–Crippen LogP) is 2.01. The summed E-state index contributed by atoms with van der Waals surface area (Å²) in [5.41, 5.74) is 0.915. The van der Waals surface area contributed by atoms with Gasteiger partial charge in [-0.1, -0.05) is 22.9 Å². The molecule has 0 aliphatic heterocycles. The second kappa shape index (κ2) is 6.64. The Kier molecular flexibility index (Phi) is 4.87. The lowest BCUT2D eigenvalue weighted by Gasteiger charge is -2.07. The third kappa shape index (κ3) is 3.56. The van der Waals surface area contributed by atoms with Crippen molar-refractivity contribution in [2.75, 3.05) is 13.7 Å². The lowest BCUT2D eigenvalue weighted by molar-refractivity contribution is 0.0688. The number of methoxy groups -OCH3 is 1. The number of benzene rings is 1. The smallest absolute Gasteiger partial charge is 0.358 e. The van der Waals surface area contributed by atoms with Crippen LogP contribution in [0.15, 0.2) is 18.2 Å². The van der Waals surface area contributed by atoms with Gasteiger partial charge in [0.1, 0.15) is 5.82 Å². The van der Waals surface area contributed by atoms with Crippen LogP contribution in [0, 0.1) is 5.82 Å². The molecule has 1 aromatic carbocycles. The van der Waals surface area contributed by atoms with Crippen LogP contribution in [0.3, 0.4) is 0 Å². The van der Waals surface area contributed by atoms with Gasteiger partial charge in [0.2, 0.25) is 0 Å². The van der Waals surface area contributed by atoms with Crippen LogP contribution in [0.1, 0.15) is 21.7 Å². The Bertz CT molecular complexity index is 660. The lowest BCUT2D eigenvalue weighted by Crippen LogP contribution is -2.11. The molecule has 6 nitrogen and oxygen atoms in total. The highest BCUT2D eigenvalue weighted by atomic mass is 35.5. The molecule has 0 aliphatic rings. The van der Waals surface area contributed by atoms with E-state index in [-0.39, 0.29) is 17.3 Å². The van der Waals surface area contributed by atoms with E-state index in [1.807, 2.05) is 0 Å². The molecule has 1 aromatic heterocycles. The number of carboxylic acid groups (broad SMARTS) is 1. The molecule has 0 amide bonds. The van der Waals surface area contributed by atoms with Gasteiger partial charge in [0.25, 0.3) is 0 Å². The maximum absolute atomic E-state index is 13.4. The van der Waals surface area contributed by atoms with E-state index in [2.05, 4.69) is 10.3 Å². The summed E-state index contributed by atoms with van der Waals surface area (Å²) in [7, 11) is 1.52. The van der Waals surface area contributed by atoms with Crippen molar-refractivity contribution >= 4 is 17.6 Å². The molecule has 0 unspecified atom stereocenters. The van der Waals surface area contributed by atoms with Crippen molar-refractivity contribution in [3.63, 3.8) is 0 Å². The van der Waals surface area contributed by atoms with Gasteiger partial charge in [-0.15, -0.1) is 5.10 Å². The number of aromatic nitrogens is 3. The molecule has 0 spiro atoms. The molecule has 0 radical (unpaired) electrons. The van der Waals surface area contributed by atoms with Crippen molar-refractivity contribution in [2.24, 2.45) is 0 Å². The van der Waals surface area contributed by atoms with Crippen molar-refractivity contribution in [3.8, 4) is 0 Å². The van der Waals surface area contributed by atoms with Crippen LogP contribution in [-0.2, 0) is 17.7 Å². The SMILES string of the molecule is COCCc1c(C(=O)O)nnn1Cc1ccc(Cl)c(F)c1. The Morgan fingerprint density at radius 1 is 1.52 bits per heavy atom. The zero-order valence-corrected chi connectivity index (χ0v) is 12.0. The fourth-order valence-electron chi connectivity index (χ4n) is 1.88. The van der Waals surface area contributed by atoms with Gasteiger partial charge < -0.3 is 9.84 Å². The van der Waals surface area contributed by atoms with Crippen LogP contribution in [0.25, 0.3) is 0 Å². The van der Waals surface area contributed by atoms with Crippen molar-refractivity contribution in [1.82, 2.24) is 15.0 Å². The van der Waals surface area contributed by atoms with Crippen molar-refractivity contribution < 1.29 is 19.0 Å². The quantitative estimate of drug-likeness (QED) is 0.882. The first-order chi connectivity index (χ1) is 10.0. The summed E-state index contributed by atoms with van der Waals surface area (Å²) in [6.07, 6.45) is 0.348. The number of hydrogen-bond acceptors (Lipinski definition) is 4. The van der Waals surface area contributed by atoms with E-state index >= 15 is 0 Å². The zero-order valence-electron chi connectivity index (χ0n) is 11.2. The maximum Gasteiger partial charge on any atom is 0.358 e. The number of halogens is 2. The first-order valence-electron chi connectivity index (χ1n) is 6.11. The third-order valence-corrected chi connectivity index (χ3v) is 3.21. The molecule has 0 atom stereocenters. The van der Waals surface area contributed by atoms with Crippen molar-refractivity contribution in [1.29, 1.82) is 0 Å². The molecule has 1 heterocycles. The van der Waals surface area contributed by atoms with Gasteiger partial charge in [-0.3, -0.25) is 0 Å². The number of nitrogens with zero attached hydrogens (tertiary/aromatic N) is 3. The number of aromatic carboxylic acids is 1. The van der Waals surface area contributed by atoms with E-state index in [0.717, 1.165) is 0 Å². The summed E-state index contributed by atoms with van der Waals surface area (Å²) in [5.74, 6) is -1.69. The van der Waals surface area contributed by atoms with Crippen LogP contribution in [0.2, 0.25) is 5.02 Å². The fourth-order valence-corrected chi connectivity index (χ4v) is 2.00. The minimum atomic E-state index is -1.16. The lowest BCUT2D eigenvalue weighted by atomic mass is 10.2. The third-order valence-electron chi connectivity index (χ3n) is 2.90. The van der Waals surface area contributed by atoms with Crippen LogP contribution >= 0.6 is 11.6 Å². The number of hydrogen-bond donors (Lipinski definition) is 1. The molecule has 8 heteroatoms. The van der Waals surface area contributed by atoms with Crippen LogP contribution in [-0.4, -0.2) is 39.8 Å². The summed E-state index contributed by atoms with van der Waals surface area (Å²) in [6.45, 7) is 0.538. The highest BCUT2D eigenvalue weighted by molar-refractivity contribution is 6.30. The van der Waals surface area contributed by atoms with Gasteiger partial charge in [0.15, 0.2) is 5.69 Å². The first-order valence-corrected chi connectivity index (χ1v) is 6.49. The van der Waals surface area contributed by atoms with Crippen LogP contribution in [0.5, 0.6) is 0 Å². The monoisotopic (exact) mass is 313 g/mol. The van der Waals surface area contributed by atoms with Crippen molar-refractivity contribution in [3.05, 3.63) is 46.0 Å². The molecule has 112 valence electrons. The van der Waals surface area contributed by atoms with Gasteiger partial charge in [0, 0.05) is 13.5 Å². The molecule has 2 rings (SSSR count). The predicted molar refractivity (Wildman–Crippen MR) is 73.1 cm³/mol. The summed E-state index contributed by atoms with van der Waals surface area (Å²) in [4.78, 5) is 11.1. The van der Waals surface area contributed by atoms with E-state index in [1.165, 1.54) is 23.9 Å². The molecule has 0 saturated heterocycles. The van der Waals surface area contributed by atoms with E-state index in [0.29, 0.717) is 24.3 Å². The van der Waals surface area contributed by atoms with Crippen LogP contribution in [0.4, 0.5) is 4.39 Å². The Balaban J connectivity index is 2.30. The summed E-state index contributed by atoms with van der Waals surface area (Å²) >= 11 is 5.63. The topological polar surface area (TPSA) is 77.2 Å². The minimum Gasteiger partial charge on any atom is -0.476 e. The average Bonchev–Trinajstić information content (AvgIpc) is 2.83. The van der Waals surface area contributed by atoms with E-state index in [4.69, 9.17) is 21.4 Å². The Morgan fingerprint density at radius 2 is 2.29 bits per heavy atom. The summed E-state index contributed by atoms with van der Waals surface area (Å²) < 4.78 is 19.8. The van der Waals surface area contributed by atoms with Gasteiger partial charge in [-0.05, 0) is 17.7 Å². The van der Waals surface area contributed by atoms with E-state index < -0.39 is 11.8 Å². The highest BCUT2D eigenvalue weighted by Gasteiger charge is 2.19. The summed E-state index contributed by atoms with van der Waals surface area (Å²) in [6, 6.07) is 4.37. The van der Waals surface area contributed by atoms with Crippen LogP contribution < -0.4 is 0 Å². The molecule has 21 heavy (non-hydrogen) atoms. The van der Waals surface area contributed by atoms with Gasteiger partial charge in [0.05, 0.1) is 23.9 Å². The molecular weight excluding hydrogens is 301 g/mol. The van der Waals surface area contributed by atoms with E-state index in [9.17, 15) is 9.18 Å². The second-order valence-electron chi connectivity index (χ2n) is 4.34. The molecule has 0 saturated carbocycles. The minimum absolute atomic E-state index is 0.0307. The Hall–Kier alpha value is -1.99. The second-order valence-corrected chi connectivity index (χ2v) is 4.75. The van der Waals surface area contributed by atoms with Gasteiger partial charge >= 0.3 is 5.97 Å². The maximum atomic E-state index is 13.4. The number of rotatable bonds is 6. The van der Waals surface area contributed by atoms with Gasteiger partial charge in [-0.25, -0.2) is 13.9 Å². The molecule has 2 aromatic rings.